The van der Waals surface area contributed by atoms with Crippen LogP contribution in [0.4, 0.5) is 9.93 Å². The molecule has 0 N–H and O–H groups in total. The van der Waals surface area contributed by atoms with Gasteiger partial charge in [-0.15, -0.1) is 0 Å². The Morgan fingerprint density at radius 2 is 2.11 bits per heavy atom. The van der Waals surface area contributed by atoms with Gasteiger partial charge in [0, 0.05) is 26.0 Å². The summed E-state index contributed by atoms with van der Waals surface area (Å²) in [6.07, 6.45) is -0.248. The lowest BCUT2D eigenvalue weighted by Gasteiger charge is -2.35. The van der Waals surface area contributed by atoms with Crippen molar-refractivity contribution in [2.45, 2.75) is 26.4 Å². The van der Waals surface area contributed by atoms with Gasteiger partial charge in [-0.2, -0.15) is 0 Å². The van der Waals surface area contributed by atoms with Gasteiger partial charge in [0.25, 0.3) is 0 Å². The molecule has 0 saturated carbocycles. The van der Waals surface area contributed by atoms with Crippen molar-refractivity contribution in [3.8, 4) is 0 Å². The van der Waals surface area contributed by atoms with Gasteiger partial charge < -0.3 is 14.5 Å². The van der Waals surface area contributed by atoms with E-state index in [2.05, 4.69) is 20.9 Å². The molecule has 0 spiro atoms. The average molecular weight is 356 g/mol. The minimum absolute atomic E-state index is 0.148. The minimum Gasteiger partial charge on any atom is -0.444 e. The number of ether oxygens (including phenoxy) is 1. The summed E-state index contributed by atoms with van der Waals surface area (Å²) < 4.78 is 71.1. The second kappa shape index (κ2) is 5.66. The Morgan fingerprint density at radius 3 is 2.58 bits per heavy atom. The standard InChI is InChI=1S/C12H18BrN3O2S/c1-12(2,3)18-11(17)16-6-4-15(5-7-16)10-14-8-9(13)19-10/h8H,4-7H2,1-3H3/i4D2,5D2,6D2,7D2. The molecule has 7 heteroatoms. The lowest BCUT2D eigenvalue weighted by atomic mass is 10.2. The van der Waals surface area contributed by atoms with E-state index >= 15 is 0 Å². The normalized spacial score (nSPS) is 33.5. The lowest BCUT2D eigenvalue weighted by Crippen LogP contribution is -2.50. The summed E-state index contributed by atoms with van der Waals surface area (Å²) in [7, 11) is 0. The molecule has 1 aliphatic heterocycles. The number of amides is 1. The average Bonchev–Trinajstić information content (AvgIpc) is 2.79. The third kappa shape index (κ3) is 4.07. The molecule has 1 aromatic heterocycles. The molecule has 0 atom stereocenters. The number of nitrogens with zero attached hydrogens (tertiary/aromatic N) is 3. The van der Waals surface area contributed by atoms with Crippen molar-refractivity contribution in [2.75, 3.05) is 30.9 Å². The van der Waals surface area contributed by atoms with Gasteiger partial charge in [0.2, 0.25) is 0 Å². The van der Waals surface area contributed by atoms with Crippen LogP contribution in [0.3, 0.4) is 0 Å². The molecule has 0 radical (unpaired) electrons. The third-order valence-corrected chi connectivity index (χ3v) is 3.24. The van der Waals surface area contributed by atoms with E-state index in [-0.39, 0.29) is 14.9 Å². The topological polar surface area (TPSA) is 45.7 Å². The third-order valence-electron chi connectivity index (χ3n) is 1.78. The van der Waals surface area contributed by atoms with Crippen molar-refractivity contribution < 1.29 is 20.5 Å². The number of aromatic nitrogens is 1. The predicted octanol–water partition coefficient (Wildman–Crippen LogP) is 2.96. The quantitative estimate of drug-likeness (QED) is 0.776. The van der Waals surface area contributed by atoms with Gasteiger partial charge in [0.15, 0.2) is 5.13 Å². The van der Waals surface area contributed by atoms with E-state index in [4.69, 9.17) is 15.7 Å². The molecular formula is C12H18BrN3O2S. The van der Waals surface area contributed by atoms with Gasteiger partial charge >= 0.3 is 6.09 Å². The number of carbonyl (C=O) groups excluding carboxylic acids is 1. The van der Waals surface area contributed by atoms with Gasteiger partial charge in [0.05, 0.1) is 20.9 Å². The van der Waals surface area contributed by atoms with Crippen molar-refractivity contribution in [2.24, 2.45) is 0 Å². The maximum absolute atomic E-state index is 12.5. The zero-order valence-electron chi connectivity index (χ0n) is 18.5. The van der Waals surface area contributed by atoms with E-state index in [9.17, 15) is 4.79 Å². The van der Waals surface area contributed by atoms with Crippen LogP contribution in [-0.2, 0) is 4.74 Å². The van der Waals surface area contributed by atoms with Gasteiger partial charge in [-0.25, -0.2) is 9.78 Å². The molecule has 2 rings (SSSR count). The van der Waals surface area contributed by atoms with Crippen LogP contribution in [-0.4, -0.2) is 47.6 Å². The van der Waals surface area contributed by atoms with E-state index < -0.39 is 37.7 Å². The van der Waals surface area contributed by atoms with E-state index in [1.807, 2.05) is 0 Å². The molecule has 1 fully saturated rings. The van der Waals surface area contributed by atoms with E-state index in [1.165, 1.54) is 27.0 Å². The predicted molar refractivity (Wildman–Crippen MR) is 79.8 cm³/mol. The molecule has 0 aromatic carbocycles. The molecule has 0 unspecified atom stereocenters. The fraction of sp³-hybridized carbons (Fsp3) is 0.667. The second-order valence-electron chi connectivity index (χ2n) is 4.55. The van der Waals surface area contributed by atoms with Crippen LogP contribution >= 0.6 is 27.3 Å². The zero-order valence-corrected chi connectivity index (χ0v) is 12.9. The molecule has 0 aliphatic carbocycles. The van der Waals surface area contributed by atoms with Crippen LogP contribution in [0.5, 0.6) is 0 Å². The summed E-state index contributed by atoms with van der Waals surface area (Å²) in [5.74, 6) is 0. The molecule has 106 valence electrons. The smallest absolute Gasteiger partial charge is 0.410 e. The number of carbonyl (C=O) groups is 1. The number of hydrogen-bond donors (Lipinski definition) is 0. The fourth-order valence-corrected chi connectivity index (χ4v) is 2.20. The van der Waals surface area contributed by atoms with Gasteiger partial charge in [-0.05, 0) is 36.7 Å². The highest BCUT2D eigenvalue weighted by molar-refractivity contribution is 9.11. The lowest BCUT2D eigenvalue weighted by molar-refractivity contribution is 0.0240. The number of rotatable bonds is 1. The number of thiazole rings is 1. The Morgan fingerprint density at radius 1 is 1.47 bits per heavy atom. The summed E-state index contributed by atoms with van der Waals surface area (Å²) >= 11 is 3.91. The Kier molecular flexibility index (Phi) is 2.17. The molecule has 0 bridgehead atoms. The van der Waals surface area contributed by atoms with Crippen molar-refractivity contribution in [3.05, 3.63) is 9.98 Å². The number of halogens is 1. The maximum atomic E-state index is 12.5. The first-order chi connectivity index (χ1) is 11.9. The monoisotopic (exact) mass is 355 g/mol. The molecule has 5 nitrogen and oxygen atoms in total. The molecule has 1 aliphatic rings. The van der Waals surface area contributed by atoms with Gasteiger partial charge in [0.1, 0.15) is 5.60 Å². The van der Waals surface area contributed by atoms with Crippen LogP contribution < -0.4 is 4.90 Å². The molecular weight excluding hydrogens is 330 g/mol. The second-order valence-corrected chi connectivity index (χ2v) is 6.93. The SMILES string of the molecule is [2H]C1([2H])N(C(=O)OC(C)(C)C)C([2H])([2H])C([2H])([2H])N(c2ncc(Br)s2)C1([2H])[2H]. The largest absolute Gasteiger partial charge is 0.444 e. The zero-order chi connectivity index (χ0) is 21.2. The van der Waals surface area contributed by atoms with Gasteiger partial charge in [-0.1, -0.05) is 11.3 Å². The van der Waals surface area contributed by atoms with Crippen molar-refractivity contribution in [3.63, 3.8) is 0 Å². The number of anilines is 1. The van der Waals surface area contributed by atoms with Crippen LogP contribution in [0.1, 0.15) is 31.7 Å². The Labute approximate surface area is 136 Å². The first-order valence-electron chi connectivity index (χ1n) is 9.32. The summed E-state index contributed by atoms with van der Waals surface area (Å²) in [5, 5.41) is -0.284. The molecule has 19 heavy (non-hydrogen) atoms. The molecule has 2 heterocycles. The van der Waals surface area contributed by atoms with E-state index in [0.29, 0.717) is 3.79 Å². The summed E-state index contributed by atoms with van der Waals surface area (Å²) in [5.41, 5.74) is -1.13. The molecule has 1 amide bonds. The van der Waals surface area contributed by atoms with Crippen LogP contribution in [0, 0.1) is 0 Å². The summed E-state index contributed by atoms with van der Waals surface area (Å²) in [4.78, 5) is 16.5. The summed E-state index contributed by atoms with van der Waals surface area (Å²) in [6, 6.07) is 0. The van der Waals surface area contributed by atoms with Crippen molar-refractivity contribution in [1.29, 1.82) is 0 Å². The highest BCUT2D eigenvalue weighted by Crippen LogP contribution is 2.27. The minimum atomic E-state index is -3.29. The van der Waals surface area contributed by atoms with Gasteiger partial charge in [-0.3, -0.25) is 0 Å². The Bertz CT molecular complexity index is 723. The first-order valence-corrected chi connectivity index (χ1v) is 6.93. The first kappa shape index (κ1) is 7.26. The molecule has 1 aromatic rings. The van der Waals surface area contributed by atoms with Crippen LogP contribution in [0.2, 0.25) is 0 Å². The summed E-state index contributed by atoms with van der Waals surface area (Å²) in [6.45, 7) is -8.49. The molecule has 1 saturated heterocycles. The highest BCUT2D eigenvalue weighted by Gasteiger charge is 2.26. The Hall–Kier alpha value is -0.820. The Balaban J connectivity index is 2.68. The number of hydrogen-bond acceptors (Lipinski definition) is 5. The fourth-order valence-electron chi connectivity index (χ4n) is 1.10. The van der Waals surface area contributed by atoms with Crippen LogP contribution in [0.25, 0.3) is 0 Å². The number of piperazine rings is 1. The van der Waals surface area contributed by atoms with Crippen molar-refractivity contribution in [1.82, 2.24) is 9.88 Å². The van der Waals surface area contributed by atoms with E-state index in [0.717, 1.165) is 11.3 Å². The van der Waals surface area contributed by atoms with Crippen molar-refractivity contribution >= 4 is 38.5 Å². The van der Waals surface area contributed by atoms with E-state index in [1.54, 1.807) is 0 Å². The highest BCUT2D eigenvalue weighted by atomic mass is 79.9. The van der Waals surface area contributed by atoms with Crippen LogP contribution in [0.15, 0.2) is 9.98 Å². The maximum Gasteiger partial charge on any atom is 0.410 e.